The van der Waals surface area contributed by atoms with Gasteiger partial charge in [0.1, 0.15) is 0 Å². The van der Waals surface area contributed by atoms with Gasteiger partial charge in [-0.3, -0.25) is 9.80 Å². The number of nitrogens with zero attached hydrogens (tertiary/aromatic N) is 2. The van der Waals surface area contributed by atoms with Crippen molar-refractivity contribution in [2.24, 2.45) is 5.41 Å². The van der Waals surface area contributed by atoms with E-state index in [1.54, 1.807) is 0 Å². The lowest BCUT2D eigenvalue weighted by atomic mass is 9.81. The minimum Gasteiger partial charge on any atom is -0.381 e. The van der Waals surface area contributed by atoms with Gasteiger partial charge in [0.25, 0.3) is 0 Å². The molecule has 0 aromatic rings. The van der Waals surface area contributed by atoms with Crippen molar-refractivity contribution in [3.8, 4) is 0 Å². The molecule has 0 amide bonds. The van der Waals surface area contributed by atoms with E-state index >= 15 is 0 Å². The molecule has 2 aliphatic heterocycles. The maximum atomic E-state index is 5.87. The molecule has 3 fully saturated rings. The zero-order valence-corrected chi connectivity index (χ0v) is 13.9. The zero-order valence-electron chi connectivity index (χ0n) is 13.9. The van der Waals surface area contributed by atoms with Crippen molar-refractivity contribution in [2.75, 3.05) is 52.5 Å². The first-order chi connectivity index (χ1) is 10.2. The summed E-state index contributed by atoms with van der Waals surface area (Å²) in [5.74, 6) is 0. The molecule has 2 heterocycles. The van der Waals surface area contributed by atoms with Gasteiger partial charge in [-0.25, -0.2) is 0 Å². The standard InChI is InChI=1S/C17H33N3O/c1-3-20-9-8-19(11-15(20)2)13-17(7-4-10-21-14-17)12-18-16-5-6-16/h15-16,18H,3-14H2,1-2H3. The predicted octanol–water partition coefficient (Wildman–Crippen LogP) is 1.56. The first kappa shape index (κ1) is 15.7. The minimum atomic E-state index is 0.356. The van der Waals surface area contributed by atoms with Gasteiger partial charge in [-0.15, -0.1) is 0 Å². The summed E-state index contributed by atoms with van der Waals surface area (Å²) >= 11 is 0. The second-order valence-corrected chi connectivity index (χ2v) is 7.52. The van der Waals surface area contributed by atoms with Crippen molar-refractivity contribution < 1.29 is 4.74 Å². The summed E-state index contributed by atoms with van der Waals surface area (Å²) in [7, 11) is 0. The molecule has 0 radical (unpaired) electrons. The van der Waals surface area contributed by atoms with E-state index in [2.05, 4.69) is 29.0 Å². The fraction of sp³-hybridized carbons (Fsp3) is 1.00. The lowest BCUT2D eigenvalue weighted by Crippen LogP contribution is -2.56. The van der Waals surface area contributed by atoms with Gasteiger partial charge in [0.05, 0.1) is 6.61 Å². The van der Waals surface area contributed by atoms with E-state index in [4.69, 9.17) is 4.74 Å². The maximum absolute atomic E-state index is 5.87. The molecule has 1 saturated carbocycles. The van der Waals surface area contributed by atoms with Crippen LogP contribution in [0.3, 0.4) is 0 Å². The summed E-state index contributed by atoms with van der Waals surface area (Å²) in [6.07, 6.45) is 5.32. The van der Waals surface area contributed by atoms with Crippen LogP contribution in [0.15, 0.2) is 0 Å². The number of hydrogen-bond acceptors (Lipinski definition) is 4. The monoisotopic (exact) mass is 295 g/mol. The molecule has 1 aliphatic carbocycles. The summed E-state index contributed by atoms with van der Waals surface area (Å²) in [4.78, 5) is 5.29. The van der Waals surface area contributed by atoms with E-state index in [0.717, 1.165) is 25.8 Å². The zero-order chi connectivity index (χ0) is 14.7. The largest absolute Gasteiger partial charge is 0.381 e. The third kappa shape index (κ3) is 4.19. The fourth-order valence-corrected chi connectivity index (χ4v) is 4.04. The van der Waals surface area contributed by atoms with Crippen LogP contribution in [-0.4, -0.2) is 74.4 Å². The number of piperazine rings is 1. The van der Waals surface area contributed by atoms with Crippen LogP contribution in [0.4, 0.5) is 0 Å². The Morgan fingerprint density at radius 2 is 2.14 bits per heavy atom. The lowest BCUT2D eigenvalue weighted by Gasteiger charge is -2.45. The second-order valence-electron chi connectivity index (χ2n) is 7.52. The van der Waals surface area contributed by atoms with Crippen molar-refractivity contribution in [1.29, 1.82) is 0 Å². The molecule has 2 unspecified atom stereocenters. The Balaban J connectivity index is 1.55. The van der Waals surface area contributed by atoms with Gasteiger partial charge >= 0.3 is 0 Å². The number of hydrogen-bond donors (Lipinski definition) is 1. The van der Waals surface area contributed by atoms with Gasteiger partial charge in [-0.05, 0) is 39.2 Å². The van der Waals surface area contributed by atoms with Gasteiger partial charge in [0.2, 0.25) is 0 Å². The predicted molar refractivity (Wildman–Crippen MR) is 86.7 cm³/mol. The van der Waals surface area contributed by atoms with Crippen LogP contribution in [-0.2, 0) is 4.74 Å². The fourth-order valence-electron chi connectivity index (χ4n) is 4.04. The third-order valence-electron chi connectivity index (χ3n) is 5.56. The van der Waals surface area contributed by atoms with E-state index in [1.165, 1.54) is 58.4 Å². The number of rotatable bonds is 6. The van der Waals surface area contributed by atoms with E-state index in [9.17, 15) is 0 Å². The lowest BCUT2D eigenvalue weighted by molar-refractivity contribution is -0.0378. The number of ether oxygens (including phenoxy) is 1. The molecule has 4 heteroatoms. The molecular weight excluding hydrogens is 262 g/mol. The molecule has 4 nitrogen and oxygen atoms in total. The third-order valence-corrected chi connectivity index (χ3v) is 5.56. The first-order valence-corrected chi connectivity index (χ1v) is 8.98. The molecule has 2 saturated heterocycles. The molecule has 0 aromatic carbocycles. The molecule has 1 N–H and O–H groups in total. The molecule has 0 aromatic heterocycles. The normalized spacial score (nSPS) is 36.0. The molecule has 2 atom stereocenters. The molecule has 122 valence electrons. The maximum Gasteiger partial charge on any atom is 0.0546 e. The average Bonchev–Trinajstić information content (AvgIpc) is 3.31. The highest BCUT2D eigenvalue weighted by molar-refractivity contribution is 4.92. The van der Waals surface area contributed by atoms with Crippen LogP contribution in [0.5, 0.6) is 0 Å². The van der Waals surface area contributed by atoms with Crippen LogP contribution >= 0.6 is 0 Å². The van der Waals surface area contributed by atoms with Crippen molar-refractivity contribution in [2.45, 2.75) is 51.6 Å². The molecule has 3 aliphatic rings. The van der Waals surface area contributed by atoms with Crippen LogP contribution in [0.2, 0.25) is 0 Å². The molecule has 21 heavy (non-hydrogen) atoms. The Hall–Kier alpha value is -0.160. The Kier molecular flexibility index (Phi) is 5.20. The minimum absolute atomic E-state index is 0.356. The van der Waals surface area contributed by atoms with Crippen LogP contribution in [0.25, 0.3) is 0 Å². The molecular formula is C17H33N3O. The Labute approximate surface area is 130 Å². The van der Waals surface area contributed by atoms with Gasteiger partial charge in [0, 0.05) is 56.8 Å². The highest BCUT2D eigenvalue weighted by Gasteiger charge is 2.37. The number of nitrogens with one attached hydrogen (secondary N) is 1. The Morgan fingerprint density at radius 1 is 1.29 bits per heavy atom. The molecule has 0 spiro atoms. The van der Waals surface area contributed by atoms with Crippen LogP contribution < -0.4 is 5.32 Å². The summed E-state index contributed by atoms with van der Waals surface area (Å²) in [6, 6.07) is 1.50. The average molecular weight is 295 g/mol. The van der Waals surface area contributed by atoms with E-state index in [-0.39, 0.29) is 0 Å². The molecule has 0 bridgehead atoms. The van der Waals surface area contributed by atoms with Gasteiger partial charge in [-0.1, -0.05) is 6.92 Å². The van der Waals surface area contributed by atoms with Gasteiger partial charge < -0.3 is 10.1 Å². The van der Waals surface area contributed by atoms with Crippen LogP contribution in [0.1, 0.15) is 39.5 Å². The smallest absolute Gasteiger partial charge is 0.0546 e. The van der Waals surface area contributed by atoms with Crippen molar-refractivity contribution in [3.63, 3.8) is 0 Å². The highest BCUT2D eigenvalue weighted by atomic mass is 16.5. The van der Waals surface area contributed by atoms with Crippen molar-refractivity contribution >= 4 is 0 Å². The van der Waals surface area contributed by atoms with E-state index in [0.29, 0.717) is 11.5 Å². The van der Waals surface area contributed by atoms with Crippen LogP contribution in [0, 0.1) is 5.41 Å². The van der Waals surface area contributed by atoms with Gasteiger partial charge in [0.15, 0.2) is 0 Å². The molecule has 3 rings (SSSR count). The first-order valence-electron chi connectivity index (χ1n) is 8.98. The Morgan fingerprint density at radius 3 is 2.76 bits per heavy atom. The summed E-state index contributed by atoms with van der Waals surface area (Å²) < 4.78 is 5.87. The van der Waals surface area contributed by atoms with Gasteiger partial charge in [-0.2, -0.15) is 0 Å². The summed E-state index contributed by atoms with van der Waals surface area (Å²) in [6.45, 7) is 13.8. The quantitative estimate of drug-likeness (QED) is 0.805. The SMILES string of the molecule is CCN1CCN(CC2(CNC3CC3)CCCOC2)CC1C. The van der Waals surface area contributed by atoms with E-state index in [1.807, 2.05) is 0 Å². The highest BCUT2D eigenvalue weighted by Crippen LogP contribution is 2.31. The topological polar surface area (TPSA) is 27.7 Å². The van der Waals surface area contributed by atoms with Crippen molar-refractivity contribution in [1.82, 2.24) is 15.1 Å². The Bertz CT molecular complexity index is 326. The summed E-state index contributed by atoms with van der Waals surface area (Å²) in [5.41, 5.74) is 0.356. The number of likely N-dealkylation sites (N-methyl/N-ethyl adjacent to an activating group) is 1. The second kappa shape index (κ2) is 6.95. The van der Waals surface area contributed by atoms with Crippen molar-refractivity contribution in [3.05, 3.63) is 0 Å². The summed E-state index contributed by atoms with van der Waals surface area (Å²) in [5, 5.41) is 3.77. The van der Waals surface area contributed by atoms with E-state index < -0.39 is 0 Å².